The summed E-state index contributed by atoms with van der Waals surface area (Å²) in [4.78, 5) is 24.8. The van der Waals surface area contributed by atoms with Crippen LogP contribution < -0.4 is 11.2 Å². The molecule has 0 spiro atoms. The molecule has 0 aromatic carbocycles. The Hall–Kier alpha value is -1.51. The Morgan fingerprint density at radius 1 is 1.48 bits per heavy atom. The molecule has 1 aliphatic rings. The predicted molar refractivity (Wildman–Crippen MR) is 81.1 cm³/mol. The standard InChI is InChI=1S/C15H23FN2O5/c1-3-10(5-16)7-18-14(21)9(2)6-17(15(18)22)13-4-11(20)12(8-19)23-13/h6,10-13,19-20H,3-5,7-8H2,1-2H3/t10?,11?,12-,13-/m1/s1. The highest BCUT2D eigenvalue weighted by atomic mass is 19.1. The van der Waals surface area contributed by atoms with Gasteiger partial charge in [0.25, 0.3) is 5.56 Å². The lowest BCUT2D eigenvalue weighted by Gasteiger charge is -2.19. The van der Waals surface area contributed by atoms with Crippen molar-refractivity contribution in [3.63, 3.8) is 0 Å². The Bertz CT molecular complexity index is 652. The normalized spacial score (nSPS) is 25.7. The number of hydrogen-bond acceptors (Lipinski definition) is 5. The van der Waals surface area contributed by atoms with Crippen molar-refractivity contribution >= 4 is 0 Å². The molecule has 1 aliphatic heterocycles. The smallest absolute Gasteiger partial charge is 0.333 e. The van der Waals surface area contributed by atoms with Crippen LogP contribution in [-0.2, 0) is 11.3 Å². The molecular weight excluding hydrogens is 307 g/mol. The lowest BCUT2D eigenvalue weighted by molar-refractivity contribution is -0.0464. The average molecular weight is 330 g/mol. The number of nitrogens with zero attached hydrogens (tertiary/aromatic N) is 2. The minimum atomic E-state index is -0.883. The van der Waals surface area contributed by atoms with Crippen LogP contribution >= 0.6 is 0 Å². The molecule has 1 aromatic heterocycles. The van der Waals surface area contributed by atoms with Crippen LogP contribution in [0.2, 0.25) is 0 Å². The van der Waals surface area contributed by atoms with Crippen molar-refractivity contribution in [1.82, 2.24) is 9.13 Å². The first kappa shape index (κ1) is 17.8. The first-order valence-corrected chi connectivity index (χ1v) is 7.75. The van der Waals surface area contributed by atoms with Gasteiger partial charge < -0.3 is 14.9 Å². The summed E-state index contributed by atoms with van der Waals surface area (Å²) >= 11 is 0. The van der Waals surface area contributed by atoms with Crippen molar-refractivity contribution in [2.24, 2.45) is 5.92 Å². The third-order valence-corrected chi connectivity index (χ3v) is 4.30. The summed E-state index contributed by atoms with van der Waals surface area (Å²) in [7, 11) is 0. The number of halogens is 1. The highest BCUT2D eigenvalue weighted by Gasteiger charge is 2.35. The summed E-state index contributed by atoms with van der Waals surface area (Å²) in [5.74, 6) is -0.407. The zero-order valence-electron chi connectivity index (χ0n) is 13.3. The molecule has 7 nitrogen and oxygen atoms in total. The first-order chi connectivity index (χ1) is 10.9. The van der Waals surface area contributed by atoms with Crippen molar-refractivity contribution in [2.45, 2.75) is 51.7 Å². The van der Waals surface area contributed by atoms with Gasteiger partial charge >= 0.3 is 5.69 Å². The molecule has 23 heavy (non-hydrogen) atoms. The SMILES string of the molecule is CCC(CF)Cn1c(=O)c(C)cn([C@H]2CC(O)[C@@H](CO)O2)c1=O. The minimum Gasteiger partial charge on any atom is -0.394 e. The number of aromatic nitrogens is 2. The zero-order chi connectivity index (χ0) is 17.1. The van der Waals surface area contributed by atoms with Crippen LogP contribution in [0.15, 0.2) is 15.8 Å². The van der Waals surface area contributed by atoms with E-state index in [9.17, 15) is 19.1 Å². The molecule has 2 rings (SSSR count). The molecule has 2 unspecified atom stereocenters. The molecule has 0 aliphatic carbocycles. The molecule has 1 fully saturated rings. The fourth-order valence-electron chi connectivity index (χ4n) is 2.72. The highest BCUT2D eigenvalue weighted by molar-refractivity contribution is 5.04. The maximum Gasteiger partial charge on any atom is 0.333 e. The topological polar surface area (TPSA) is 93.7 Å². The lowest BCUT2D eigenvalue weighted by atomic mass is 10.1. The van der Waals surface area contributed by atoms with E-state index < -0.39 is 42.3 Å². The van der Waals surface area contributed by atoms with E-state index in [4.69, 9.17) is 9.84 Å². The number of aryl methyl sites for hydroxylation is 1. The van der Waals surface area contributed by atoms with Crippen LogP contribution in [0, 0.1) is 12.8 Å². The van der Waals surface area contributed by atoms with E-state index in [1.54, 1.807) is 13.8 Å². The largest absolute Gasteiger partial charge is 0.394 e. The van der Waals surface area contributed by atoms with Gasteiger partial charge in [-0.15, -0.1) is 0 Å². The summed E-state index contributed by atoms with van der Waals surface area (Å²) in [6, 6.07) is 0. The second-order valence-corrected chi connectivity index (χ2v) is 5.96. The molecule has 4 atom stereocenters. The zero-order valence-corrected chi connectivity index (χ0v) is 13.3. The van der Waals surface area contributed by atoms with Crippen LogP contribution in [0.3, 0.4) is 0 Å². The van der Waals surface area contributed by atoms with Gasteiger partial charge in [0.05, 0.1) is 19.4 Å². The van der Waals surface area contributed by atoms with Crippen molar-refractivity contribution < 1.29 is 19.3 Å². The van der Waals surface area contributed by atoms with Crippen molar-refractivity contribution in [3.8, 4) is 0 Å². The maximum atomic E-state index is 12.9. The van der Waals surface area contributed by atoms with E-state index in [2.05, 4.69) is 0 Å². The first-order valence-electron chi connectivity index (χ1n) is 7.75. The monoisotopic (exact) mass is 330 g/mol. The Labute approximate surface area is 132 Å². The molecule has 1 aromatic rings. The Morgan fingerprint density at radius 2 is 2.17 bits per heavy atom. The van der Waals surface area contributed by atoms with Gasteiger partial charge in [-0.25, -0.2) is 4.79 Å². The lowest BCUT2D eigenvalue weighted by Crippen LogP contribution is -2.43. The van der Waals surface area contributed by atoms with E-state index in [0.29, 0.717) is 12.0 Å². The number of rotatable bonds is 6. The molecule has 8 heteroatoms. The second kappa shape index (κ2) is 7.37. The summed E-state index contributed by atoms with van der Waals surface area (Å²) in [5.41, 5.74) is -0.706. The van der Waals surface area contributed by atoms with E-state index in [-0.39, 0.29) is 19.6 Å². The molecule has 130 valence electrons. The summed E-state index contributed by atoms with van der Waals surface area (Å²) in [5, 5.41) is 18.9. The van der Waals surface area contributed by atoms with Gasteiger partial charge in [-0.05, 0) is 13.3 Å². The Morgan fingerprint density at radius 3 is 2.70 bits per heavy atom. The number of alkyl halides is 1. The quantitative estimate of drug-likeness (QED) is 0.763. The van der Waals surface area contributed by atoms with Gasteiger partial charge in [0.1, 0.15) is 12.3 Å². The number of ether oxygens (including phenoxy) is 1. The van der Waals surface area contributed by atoms with Gasteiger partial charge in [-0.1, -0.05) is 6.92 Å². The van der Waals surface area contributed by atoms with Crippen LogP contribution in [0.4, 0.5) is 4.39 Å². The van der Waals surface area contributed by atoms with Crippen molar-refractivity contribution in [2.75, 3.05) is 13.3 Å². The molecular formula is C15H23FN2O5. The van der Waals surface area contributed by atoms with E-state index in [1.807, 2.05) is 0 Å². The van der Waals surface area contributed by atoms with Gasteiger partial charge in [-0.2, -0.15) is 0 Å². The van der Waals surface area contributed by atoms with Crippen molar-refractivity contribution in [3.05, 3.63) is 32.6 Å². The van der Waals surface area contributed by atoms with Gasteiger partial charge in [0, 0.05) is 30.6 Å². The molecule has 1 saturated heterocycles. The average Bonchev–Trinajstić information content (AvgIpc) is 2.92. The molecule has 0 bridgehead atoms. The number of hydrogen-bond donors (Lipinski definition) is 2. The fourth-order valence-corrected chi connectivity index (χ4v) is 2.72. The summed E-state index contributed by atoms with van der Waals surface area (Å²) < 4.78 is 20.7. The van der Waals surface area contributed by atoms with Crippen LogP contribution in [0.25, 0.3) is 0 Å². The van der Waals surface area contributed by atoms with E-state index in [0.717, 1.165) is 4.57 Å². The van der Waals surface area contributed by atoms with E-state index >= 15 is 0 Å². The molecule has 0 saturated carbocycles. The summed E-state index contributed by atoms with van der Waals surface area (Å²) in [6.45, 7) is 2.41. The predicted octanol–water partition coefficient (Wildman–Crippen LogP) is -0.0452. The number of aliphatic hydroxyl groups is 2. The fraction of sp³-hybridized carbons (Fsp3) is 0.733. The number of aliphatic hydroxyl groups excluding tert-OH is 2. The molecule has 2 heterocycles. The summed E-state index contributed by atoms with van der Waals surface area (Å²) in [6.07, 6.45) is -0.362. The maximum absolute atomic E-state index is 12.9. The second-order valence-electron chi connectivity index (χ2n) is 5.96. The van der Waals surface area contributed by atoms with Gasteiger partial charge in [0.15, 0.2) is 0 Å². The van der Waals surface area contributed by atoms with Crippen LogP contribution in [-0.4, -0.2) is 44.8 Å². The Kier molecular flexibility index (Phi) is 5.72. The molecule has 0 radical (unpaired) electrons. The molecule has 2 N–H and O–H groups in total. The van der Waals surface area contributed by atoms with Crippen LogP contribution in [0.1, 0.15) is 31.6 Å². The van der Waals surface area contributed by atoms with Crippen LogP contribution in [0.5, 0.6) is 0 Å². The van der Waals surface area contributed by atoms with Gasteiger partial charge in [-0.3, -0.25) is 18.3 Å². The van der Waals surface area contributed by atoms with Crippen molar-refractivity contribution in [1.29, 1.82) is 0 Å². The third kappa shape index (κ3) is 3.54. The Balaban J connectivity index is 2.41. The van der Waals surface area contributed by atoms with E-state index in [1.165, 1.54) is 10.8 Å². The third-order valence-electron chi connectivity index (χ3n) is 4.30. The van der Waals surface area contributed by atoms with Gasteiger partial charge in [0.2, 0.25) is 0 Å². The highest BCUT2D eigenvalue weighted by Crippen LogP contribution is 2.27. The molecule has 0 amide bonds. The minimum absolute atomic E-state index is 0.00501.